The summed E-state index contributed by atoms with van der Waals surface area (Å²) in [5, 5.41) is 2.81. The Hall–Kier alpha value is -3.85. The molecule has 0 saturated carbocycles. The van der Waals surface area contributed by atoms with E-state index in [-0.39, 0.29) is 23.0 Å². The van der Waals surface area contributed by atoms with Gasteiger partial charge in [-0.25, -0.2) is 8.42 Å². The fourth-order valence-corrected chi connectivity index (χ4v) is 5.80. The van der Waals surface area contributed by atoms with Crippen LogP contribution in [0.1, 0.15) is 31.4 Å². The fraction of sp³-hybridized carbons (Fsp3) is 0.333. The van der Waals surface area contributed by atoms with Crippen molar-refractivity contribution in [2.24, 2.45) is 0 Å². The number of hydrogen-bond donors (Lipinski definition) is 1. The van der Waals surface area contributed by atoms with Crippen LogP contribution in [-0.4, -0.2) is 57.9 Å². The molecule has 3 aromatic carbocycles. The van der Waals surface area contributed by atoms with Crippen LogP contribution in [0.15, 0.2) is 83.8 Å². The predicted octanol–water partition coefficient (Wildman–Crippen LogP) is 4.18. The van der Waals surface area contributed by atoms with Crippen molar-refractivity contribution in [1.29, 1.82) is 0 Å². The molecule has 3 rings (SSSR count). The minimum atomic E-state index is -4.16. The van der Waals surface area contributed by atoms with Crippen molar-refractivity contribution in [3.63, 3.8) is 0 Å². The highest BCUT2D eigenvalue weighted by Gasteiger charge is 2.34. The zero-order valence-electron chi connectivity index (χ0n) is 23.0. The second-order valence-electron chi connectivity index (χ2n) is 9.14. The maximum absolute atomic E-state index is 14.0. The van der Waals surface area contributed by atoms with E-state index >= 15 is 0 Å². The Kier molecular flexibility index (Phi) is 10.5. The lowest BCUT2D eigenvalue weighted by Gasteiger charge is -2.33. The van der Waals surface area contributed by atoms with Crippen molar-refractivity contribution < 1.29 is 22.7 Å². The molecule has 39 heavy (non-hydrogen) atoms. The van der Waals surface area contributed by atoms with Gasteiger partial charge in [0.2, 0.25) is 11.8 Å². The number of methoxy groups -OCH3 is 1. The van der Waals surface area contributed by atoms with E-state index in [9.17, 15) is 18.0 Å². The number of para-hydroxylation sites is 2. The molecular weight excluding hydrogens is 514 g/mol. The number of likely N-dealkylation sites (N-methyl/N-ethyl adjacent to an activating group) is 1. The third kappa shape index (κ3) is 7.38. The summed E-state index contributed by atoms with van der Waals surface area (Å²) in [6.45, 7) is 5.70. The van der Waals surface area contributed by atoms with Crippen molar-refractivity contribution in [3.8, 4) is 5.75 Å². The Balaban J connectivity index is 2.04. The number of carbonyl (C=O) groups is 2. The predicted molar refractivity (Wildman–Crippen MR) is 153 cm³/mol. The van der Waals surface area contributed by atoms with Gasteiger partial charge in [0.1, 0.15) is 18.3 Å². The molecule has 0 bridgehead atoms. The van der Waals surface area contributed by atoms with Gasteiger partial charge in [-0.3, -0.25) is 13.9 Å². The number of aryl methyl sites for hydroxylation is 1. The van der Waals surface area contributed by atoms with Crippen molar-refractivity contribution in [3.05, 3.63) is 90.0 Å². The standard InChI is InChI=1S/C30H37N3O5S/c1-5-26(30(35)31-6-2)32(21-20-24-12-8-7-9-13-24)29(34)22-33(27-14-10-11-15-28(27)38-4)39(36,37)25-18-16-23(3)17-19-25/h7-19,26H,5-6,20-22H2,1-4H3,(H,31,35). The van der Waals surface area contributed by atoms with Crippen LogP contribution in [0.5, 0.6) is 5.75 Å². The average molecular weight is 552 g/mol. The van der Waals surface area contributed by atoms with Gasteiger partial charge in [-0.15, -0.1) is 0 Å². The van der Waals surface area contributed by atoms with Crippen molar-refractivity contribution >= 4 is 27.5 Å². The van der Waals surface area contributed by atoms with Gasteiger partial charge in [-0.2, -0.15) is 0 Å². The number of carbonyl (C=O) groups excluding carboxylic acids is 2. The van der Waals surface area contributed by atoms with Crippen LogP contribution >= 0.6 is 0 Å². The molecule has 9 heteroatoms. The molecule has 0 aliphatic rings. The third-order valence-corrected chi connectivity index (χ3v) is 8.24. The zero-order chi connectivity index (χ0) is 28.4. The topological polar surface area (TPSA) is 96.0 Å². The number of sulfonamides is 1. The van der Waals surface area contributed by atoms with E-state index in [2.05, 4.69) is 5.32 Å². The highest BCUT2D eigenvalue weighted by atomic mass is 32.2. The first-order chi connectivity index (χ1) is 18.7. The lowest BCUT2D eigenvalue weighted by Crippen LogP contribution is -2.53. The fourth-order valence-electron chi connectivity index (χ4n) is 4.37. The molecule has 0 aliphatic carbocycles. The van der Waals surface area contributed by atoms with Gasteiger partial charge < -0.3 is 15.0 Å². The van der Waals surface area contributed by atoms with Gasteiger partial charge in [-0.05, 0) is 56.5 Å². The summed E-state index contributed by atoms with van der Waals surface area (Å²) >= 11 is 0. The van der Waals surface area contributed by atoms with E-state index in [1.54, 1.807) is 36.4 Å². The summed E-state index contributed by atoms with van der Waals surface area (Å²) in [7, 11) is -2.71. The van der Waals surface area contributed by atoms with Gasteiger partial charge in [0.15, 0.2) is 0 Å². The van der Waals surface area contributed by atoms with Gasteiger partial charge in [0.25, 0.3) is 10.0 Å². The largest absolute Gasteiger partial charge is 0.495 e. The summed E-state index contributed by atoms with van der Waals surface area (Å²) in [4.78, 5) is 28.5. The molecule has 0 aliphatic heterocycles. The van der Waals surface area contributed by atoms with Crippen LogP contribution in [-0.2, 0) is 26.0 Å². The molecule has 208 valence electrons. The van der Waals surface area contributed by atoms with Crippen molar-refractivity contribution in [2.45, 2.75) is 44.6 Å². The maximum Gasteiger partial charge on any atom is 0.264 e. The van der Waals surface area contributed by atoms with Crippen LogP contribution < -0.4 is 14.4 Å². The second kappa shape index (κ2) is 13.8. The van der Waals surface area contributed by atoms with E-state index in [0.29, 0.717) is 25.1 Å². The molecule has 0 saturated heterocycles. The Morgan fingerprint density at radius 3 is 2.18 bits per heavy atom. The van der Waals surface area contributed by atoms with Gasteiger partial charge in [-0.1, -0.05) is 67.1 Å². The molecule has 0 heterocycles. The minimum Gasteiger partial charge on any atom is -0.495 e. The number of anilines is 1. The molecule has 3 aromatic rings. The molecule has 8 nitrogen and oxygen atoms in total. The van der Waals surface area contributed by atoms with E-state index < -0.39 is 28.5 Å². The molecule has 1 atom stereocenters. The Morgan fingerprint density at radius 1 is 0.923 bits per heavy atom. The van der Waals surface area contributed by atoms with Crippen LogP contribution in [0.4, 0.5) is 5.69 Å². The highest BCUT2D eigenvalue weighted by Crippen LogP contribution is 2.32. The number of nitrogens with one attached hydrogen (secondary N) is 1. The molecule has 1 N–H and O–H groups in total. The van der Waals surface area contributed by atoms with Gasteiger partial charge >= 0.3 is 0 Å². The van der Waals surface area contributed by atoms with E-state index in [0.717, 1.165) is 15.4 Å². The molecule has 0 spiro atoms. The normalized spacial score (nSPS) is 11.9. The maximum atomic E-state index is 14.0. The lowest BCUT2D eigenvalue weighted by atomic mass is 10.1. The van der Waals surface area contributed by atoms with Crippen LogP contribution in [0, 0.1) is 6.92 Å². The number of benzene rings is 3. The van der Waals surface area contributed by atoms with Gasteiger partial charge in [0.05, 0.1) is 17.7 Å². The third-order valence-electron chi connectivity index (χ3n) is 6.46. The Labute approximate surface area is 231 Å². The van der Waals surface area contributed by atoms with Crippen molar-refractivity contribution in [2.75, 3.05) is 31.0 Å². The molecule has 2 amide bonds. The van der Waals surface area contributed by atoms with Crippen LogP contribution in [0.2, 0.25) is 0 Å². The Morgan fingerprint density at radius 2 is 1.56 bits per heavy atom. The monoisotopic (exact) mass is 551 g/mol. The number of amides is 2. The van der Waals surface area contributed by atoms with Crippen LogP contribution in [0.25, 0.3) is 0 Å². The quantitative estimate of drug-likeness (QED) is 0.344. The van der Waals surface area contributed by atoms with E-state index in [1.165, 1.54) is 24.1 Å². The summed E-state index contributed by atoms with van der Waals surface area (Å²) < 4.78 is 34.4. The van der Waals surface area contributed by atoms with E-state index in [1.807, 2.05) is 51.1 Å². The number of nitrogens with zero attached hydrogens (tertiary/aromatic N) is 2. The van der Waals surface area contributed by atoms with Crippen LogP contribution in [0.3, 0.4) is 0 Å². The van der Waals surface area contributed by atoms with Crippen molar-refractivity contribution in [1.82, 2.24) is 10.2 Å². The number of ether oxygens (including phenoxy) is 1. The molecule has 0 aromatic heterocycles. The highest BCUT2D eigenvalue weighted by molar-refractivity contribution is 7.92. The zero-order valence-corrected chi connectivity index (χ0v) is 23.8. The molecule has 1 unspecified atom stereocenters. The van der Waals surface area contributed by atoms with E-state index in [4.69, 9.17) is 4.74 Å². The summed E-state index contributed by atoms with van der Waals surface area (Å²) in [5.74, 6) is -0.440. The Bertz CT molecular complexity index is 1340. The number of rotatable bonds is 13. The first kappa shape index (κ1) is 29.7. The summed E-state index contributed by atoms with van der Waals surface area (Å²) in [6, 6.07) is 22.1. The first-order valence-corrected chi connectivity index (χ1v) is 14.5. The smallest absolute Gasteiger partial charge is 0.264 e. The summed E-state index contributed by atoms with van der Waals surface area (Å²) in [6.07, 6.45) is 0.896. The molecule has 0 radical (unpaired) electrons. The first-order valence-electron chi connectivity index (χ1n) is 13.1. The minimum absolute atomic E-state index is 0.0541. The SMILES string of the molecule is CCNC(=O)C(CC)N(CCc1ccccc1)C(=O)CN(c1ccccc1OC)S(=O)(=O)c1ccc(C)cc1. The average Bonchev–Trinajstić information content (AvgIpc) is 2.94. The number of hydrogen-bond acceptors (Lipinski definition) is 5. The second-order valence-corrected chi connectivity index (χ2v) is 11.0. The molecule has 0 fully saturated rings. The lowest BCUT2D eigenvalue weighted by molar-refractivity contribution is -0.139. The molecular formula is C30H37N3O5S. The van der Waals surface area contributed by atoms with Gasteiger partial charge in [0, 0.05) is 13.1 Å². The summed E-state index contributed by atoms with van der Waals surface area (Å²) in [5.41, 5.74) is 2.16.